The van der Waals surface area contributed by atoms with E-state index in [9.17, 15) is 18.4 Å². The number of para-hydroxylation sites is 1. The smallest absolute Gasteiger partial charge is 0.250 e. The van der Waals surface area contributed by atoms with Crippen molar-refractivity contribution in [2.45, 2.75) is 6.42 Å². The number of carbonyl (C=O) groups excluding carboxylic acids is 2. The molecule has 6 nitrogen and oxygen atoms in total. The first-order valence-corrected chi connectivity index (χ1v) is 8.76. The van der Waals surface area contributed by atoms with Crippen LogP contribution in [0.15, 0.2) is 54.7 Å². The number of hydrogen-bond acceptors (Lipinski definition) is 4. The fourth-order valence-corrected chi connectivity index (χ4v) is 2.73. The number of amides is 2. The van der Waals surface area contributed by atoms with E-state index in [1.54, 1.807) is 24.3 Å². The van der Waals surface area contributed by atoms with Crippen molar-refractivity contribution in [3.63, 3.8) is 0 Å². The molecule has 29 heavy (non-hydrogen) atoms. The van der Waals surface area contributed by atoms with Gasteiger partial charge in [0, 0.05) is 6.07 Å². The maximum atomic E-state index is 13.3. The molecule has 2 aromatic carbocycles. The molecule has 0 aliphatic carbocycles. The molecule has 148 valence electrons. The van der Waals surface area contributed by atoms with Gasteiger partial charge in [0.1, 0.15) is 5.82 Å². The summed E-state index contributed by atoms with van der Waals surface area (Å²) in [5.74, 6) is -2.92. The Morgan fingerprint density at radius 1 is 1.03 bits per heavy atom. The molecule has 3 aromatic rings. The van der Waals surface area contributed by atoms with Crippen molar-refractivity contribution in [1.82, 2.24) is 4.98 Å². The lowest BCUT2D eigenvalue weighted by Gasteiger charge is -2.13. The summed E-state index contributed by atoms with van der Waals surface area (Å²) in [6.07, 6.45) is 1.15. The molecule has 0 saturated heterocycles. The fraction of sp³-hybridized carbons (Fsp3) is 0.0500. The Morgan fingerprint density at radius 2 is 1.79 bits per heavy atom. The van der Waals surface area contributed by atoms with Crippen LogP contribution in [0.25, 0.3) is 0 Å². The lowest BCUT2D eigenvalue weighted by atomic mass is 10.1. The average Bonchev–Trinajstić information content (AvgIpc) is 2.67. The lowest BCUT2D eigenvalue weighted by Crippen LogP contribution is -2.16. The van der Waals surface area contributed by atoms with Gasteiger partial charge in [-0.1, -0.05) is 29.8 Å². The average molecular weight is 417 g/mol. The van der Waals surface area contributed by atoms with E-state index in [4.69, 9.17) is 17.3 Å². The summed E-state index contributed by atoms with van der Waals surface area (Å²) in [6, 6.07) is 11.3. The van der Waals surface area contributed by atoms with E-state index in [2.05, 4.69) is 15.6 Å². The highest BCUT2D eigenvalue weighted by atomic mass is 35.5. The molecule has 2 amide bonds. The number of nitrogens with two attached hydrogens (primary N) is 1. The molecular weight excluding hydrogens is 402 g/mol. The van der Waals surface area contributed by atoms with Crippen LogP contribution in [0, 0.1) is 11.6 Å². The molecule has 0 atom stereocenters. The molecule has 0 saturated carbocycles. The topological polar surface area (TPSA) is 97.1 Å². The molecule has 0 aliphatic heterocycles. The molecule has 0 bridgehead atoms. The van der Waals surface area contributed by atoms with Crippen LogP contribution < -0.4 is 16.4 Å². The van der Waals surface area contributed by atoms with Crippen molar-refractivity contribution >= 4 is 40.6 Å². The molecule has 3 rings (SSSR count). The van der Waals surface area contributed by atoms with E-state index in [1.807, 2.05) is 0 Å². The van der Waals surface area contributed by atoms with Gasteiger partial charge in [0.15, 0.2) is 11.6 Å². The van der Waals surface area contributed by atoms with Gasteiger partial charge < -0.3 is 16.4 Å². The molecule has 0 aliphatic rings. The number of rotatable bonds is 6. The minimum atomic E-state index is -1.03. The minimum Gasteiger partial charge on any atom is -0.366 e. The number of pyridine rings is 1. The molecule has 1 aromatic heterocycles. The first kappa shape index (κ1) is 20.2. The lowest BCUT2D eigenvalue weighted by molar-refractivity contribution is -0.115. The van der Waals surface area contributed by atoms with E-state index in [-0.39, 0.29) is 22.8 Å². The highest BCUT2D eigenvalue weighted by Crippen LogP contribution is 2.28. The number of aromatic nitrogens is 1. The molecular formula is C20H15ClF2N4O2. The zero-order chi connectivity index (χ0) is 21.0. The molecule has 0 spiro atoms. The van der Waals surface area contributed by atoms with Gasteiger partial charge in [-0.05, 0) is 29.8 Å². The number of benzene rings is 2. The van der Waals surface area contributed by atoms with Crippen LogP contribution in [0.5, 0.6) is 0 Å². The summed E-state index contributed by atoms with van der Waals surface area (Å²) in [7, 11) is 0. The normalized spacial score (nSPS) is 10.4. The standard InChI is InChI=1S/C20H15ClF2N4O2/c21-13-10-25-18(27-19(28)8-11-5-6-14(22)15(23)7-11)9-17(13)26-16-4-2-1-3-12(16)20(24)29/h1-7,9-10H,8H2,(H2,24,29)(H2,25,26,27,28). The monoisotopic (exact) mass is 416 g/mol. The van der Waals surface area contributed by atoms with Gasteiger partial charge in [-0.15, -0.1) is 0 Å². The van der Waals surface area contributed by atoms with E-state index in [1.165, 1.54) is 18.3 Å². The van der Waals surface area contributed by atoms with Gasteiger partial charge in [0.05, 0.1) is 34.6 Å². The van der Waals surface area contributed by atoms with E-state index < -0.39 is 23.4 Å². The Balaban J connectivity index is 1.76. The maximum Gasteiger partial charge on any atom is 0.250 e. The second-order valence-corrected chi connectivity index (χ2v) is 6.46. The predicted molar refractivity (Wildman–Crippen MR) is 106 cm³/mol. The molecule has 4 N–H and O–H groups in total. The molecule has 9 heteroatoms. The van der Waals surface area contributed by atoms with Gasteiger partial charge in [0.2, 0.25) is 5.91 Å². The number of primary amides is 1. The first-order chi connectivity index (χ1) is 13.8. The van der Waals surface area contributed by atoms with Crippen molar-refractivity contribution < 1.29 is 18.4 Å². The van der Waals surface area contributed by atoms with E-state index >= 15 is 0 Å². The summed E-state index contributed by atoms with van der Waals surface area (Å²) in [5.41, 5.74) is 6.77. The van der Waals surface area contributed by atoms with Crippen molar-refractivity contribution in [1.29, 1.82) is 0 Å². The third kappa shape index (κ3) is 5.05. The SMILES string of the molecule is NC(=O)c1ccccc1Nc1cc(NC(=O)Cc2ccc(F)c(F)c2)ncc1Cl. The minimum absolute atomic E-state index is 0.172. The zero-order valence-electron chi connectivity index (χ0n) is 14.9. The predicted octanol–water partition coefficient (Wildman–Crippen LogP) is 4.04. The molecule has 0 unspecified atom stereocenters. The van der Waals surface area contributed by atoms with Gasteiger partial charge in [-0.2, -0.15) is 0 Å². The summed E-state index contributed by atoms with van der Waals surface area (Å²) in [6.45, 7) is 0. The summed E-state index contributed by atoms with van der Waals surface area (Å²) in [5, 5.41) is 5.80. The number of hydrogen-bond donors (Lipinski definition) is 3. The third-order valence-electron chi connectivity index (χ3n) is 3.93. The Bertz CT molecular complexity index is 1090. The Labute approximate surface area is 169 Å². The molecule has 1 heterocycles. The number of carbonyl (C=O) groups is 2. The van der Waals surface area contributed by atoms with Crippen molar-refractivity contribution in [2.75, 3.05) is 10.6 Å². The van der Waals surface area contributed by atoms with Crippen molar-refractivity contribution in [2.24, 2.45) is 5.73 Å². The van der Waals surface area contributed by atoms with Crippen LogP contribution in [0.2, 0.25) is 5.02 Å². The van der Waals surface area contributed by atoms with E-state index in [0.29, 0.717) is 16.9 Å². The van der Waals surface area contributed by atoms with Crippen LogP contribution in [0.3, 0.4) is 0 Å². The van der Waals surface area contributed by atoms with Gasteiger partial charge in [-0.3, -0.25) is 9.59 Å². The number of halogens is 3. The quantitative estimate of drug-likeness (QED) is 0.565. The van der Waals surface area contributed by atoms with Crippen molar-refractivity contribution in [3.8, 4) is 0 Å². The van der Waals surface area contributed by atoms with E-state index in [0.717, 1.165) is 12.1 Å². The molecule has 0 radical (unpaired) electrons. The first-order valence-electron chi connectivity index (χ1n) is 8.38. The van der Waals surface area contributed by atoms with Gasteiger partial charge >= 0.3 is 0 Å². The number of anilines is 3. The highest BCUT2D eigenvalue weighted by molar-refractivity contribution is 6.33. The maximum absolute atomic E-state index is 13.3. The molecule has 0 fully saturated rings. The highest BCUT2D eigenvalue weighted by Gasteiger charge is 2.12. The van der Waals surface area contributed by atoms with Crippen LogP contribution in [0.1, 0.15) is 15.9 Å². The van der Waals surface area contributed by atoms with Crippen LogP contribution in [0.4, 0.5) is 26.0 Å². The van der Waals surface area contributed by atoms with Crippen molar-refractivity contribution in [3.05, 3.63) is 82.5 Å². The summed E-state index contributed by atoms with van der Waals surface area (Å²) in [4.78, 5) is 27.8. The fourth-order valence-electron chi connectivity index (χ4n) is 2.58. The van der Waals surface area contributed by atoms with Crippen LogP contribution in [-0.2, 0) is 11.2 Å². The third-order valence-corrected chi connectivity index (χ3v) is 4.23. The number of nitrogens with zero attached hydrogens (tertiary/aromatic N) is 1. The Hall–Kier alpha value is -3.52. The largest absolute Gasteiger partial charge is 0.366 e. The number of nitrogens with one attached hydrogen (secondary N) is 2. The second kappa shape index (κ2) is 8.66. The Kier molecular flexibility index (Phi) is 6.04. The van der Waals surface area contributed by atoms with Gasteiger partial charge in [0.25, 0.3) is 5.91 Å². The van der Waals surface area contributed by atoms with Crippen LogP contribution in [-0.4, -0.2) is 16.8 Å². The van der Waals surface area contributed by atoms with Gasteiger partial charge in [-0.25, -0.2) is 13.8 Å². The summed E-state index contributed by atoms with van der Waals surface area (Å²) >= 11 is 6.15. The van der Waals surface area contributed by atoms with Crippen LogP contribution >= 0.6 is 11.6 Å². The Morgan fingerprint density at radius 3 is 2.52 bits per heavy atom. The zero-order valence-corrected chi connectivity index (χ0v) is 15.6. The summed E-state index contributed by atoms with van der Waals surface area (Å²) < 4.78 is 26.3. The second-order valence-electron chi connectivity index (χ2n) is 6.06.